The number of benzene rings is 8. The average molecular weight is 546 g/mol. The smallest absolute Gasteiger partial charge is 0.235 e. The van der Waals surface area contributed by atoms with Crippen LogP contribution >= 0.6 is 0 Å². The Morgan fingerprint density at radius 2 is 0.953 bits per heavy atom. The van der Waals surface area contributed by atoms with Crippen LogP contribution in [0, 0.1) is 0 Å². The molecule has 2 heterocycles. The molecule has 0 fully saturated rings. The molecule has 0 radical (unpaired) electrons. The number of aromatic nitrogens is 3. The third kappa shape index (κ3) is 3.03. The van der Waals surface area contributed by atoms with Gasteiger partial charge in [0.25, 0.3) is 0 Å². The van der Waals surface area contributed by atoms with Gasteiger partial charge in [-0.3, -0.25) is 4.57 Å². The Morgan fingerprint density at radius 1 is 0.372 bits per heavy atom. The van der Waals surface area contributed by atoms with Crippen molar-refractivity contribution < 1.29 is 0 Å². The predicted molar refractivity (Wildman–Crippen MR) is 181 cm³/mol. The van der Waals surface area contributed by atoms with Gasteiger partial charge in [-0.2, -0.15) is 0 Å². The summed E-state index contributed by atoms with van der Waals surface area (Å²) >= 11 is 0. The van der Waals surface area contributed by atoms with E-state index in [0.717, 1.165) is 33.2 Å². The molecule has 0 bridgehead atoms. The van der Waals surface area contributed by atoms with Gasteiger partial charge >= 0.3 is 0 Å². The first-order chi connectivity index (χ1) is 21.3. The van der Waals surface area contributed by atoms with E-state index in [1.54, 1.807) is 0 Å². The molecule has 43 heavy (non-hydrogen) atoms. The van der Waals surface area contributed by atoms with E-state index in [2.05, 4.69) is 144 Å². The molecule has 10 aromatic rings. The van der Waals surface area contributed by atoms with Gasteiger partial charge in [-0.1, -0.05) is 121 Å². The summed E-state index contributed by atoms with van der Waals surface area (Å²) in [4.78, 5) is 10.6. The van der Waals surface area contributed by atoms with Crippen molar-refractivity contribution in [1.82, 2.24) is 14.5 Å². The Hall–Kier alpha value is -5.80. The summed E-state index contributed by atoms with van der Waals surface area (Å²) in [5.41, 5.74) is 5.24. The topological polar surface area (TPSA) is 30.7 Å². The van der Waals surface area contributed by atoms with Gasteiger partial charge in [0.1, 0.15) is 0 Å². The largest absolute Gasteiger partial charge is 0.278 e. The van der Waals surface area contributed by atoms with E-state index in [9.17, 15) is 0 Å². The molecule has 8 aromatic carbocycles. The fourth-order valence-corrected chi connectivity index (χ4v) is 7.34. The van der Waals surface area contributed by atoms with Crippen molar-refractivity contribution in [2.24, 2.45) is 0 Å². The molecule has 2 aromatic heterocycles. The number of hydrogen-bond acceptors (Lipinski definition) is 2. The lowest BCUT2D eigenvalue weighted by atomic mass is 9.91. The van der Waals surface area contributed by atoms with E-state index in [1.807, 2.05) is 0 Å². The number of hydrogen-bond donors (Lipinski definition) is 0. The molecule has 3 heteroatoms. The SMILES string of the molecule is c1ccc2c(-c3nc(-n4c5cccc6c7ccc8ccccc8c7c7cccc4c7c65)nc4ccccc34)cccc2c1. The highest BCUT2D eigenvalue weighted by Crippen LogP contribution is 2.45. The maximum Gasteiger partial charge on any atom is 0.235 e. The van der Waals surface area contributed by atoms with Crippen molar-refractivity contribution in [3.63, 3.8) is 0 Å². The Labute approximate surface area is 246 Å². The van der Waals surface area contributed by atoms with Gasteiger partial charge in [0, 0.05) is 21.7 Å². The van der Waals surface area contributed by atoms with Gasteiger partial charge < -0.3 is 0 Å². The number of para-hydroxylation sites is 1. The first-order valence-corrected chi connectivity index (χ1v) is 14.7. The quantitative estimate of drug-likeness (QED) is 0.202. The zero-order chi connectivity index (χ0) is 28.1. The Kier molecular flexibility index (Phi) is 4.45. The lowest BCUT2D eigenvalue weighted by Crippen LogP contribution is -2.03. The fraction of sp³-hybridized carbons (Fsp3) is 0. The van der Waals surface area contributed by atoms with E-state index >= 15 is 0 Å². The zero-order valence-electron chi connectivity index (χ0n) is 23.1. The van der Waals surface area contributed by atoms with Crippen LogP contribution in [-0.4, -0.2) is 14.5 Å². The molecular weight excluding hydrogens is 522 g/mol. The molecule has 0 saturated heterocycles. The normalized spacial score (nSPS) is 12.2. The van der Waals surface area contributed by atoms with Gasteiger partial charge in [0.15, 0.2) is 0 Å². The first kappa shape index (κ1) is 22.8. The molecule has 0 spiro atoms. The summed E-state index contributed by atoms with van der Waals surface area (Å²) in [5, 5.41) is 13.6. The van der Waals surface area contributed by atoms with Gasteiger partial charge in [0.05, 0.1) is 22.2 Å². The fourth-order valence-electron chi connectivity index (χ4n) is 7.34. The molecule has 0 aliphatic carbocycles. The van der Waals surface area contributed by atoms with E-state index in [0.29, 0.717) is 5.95 Å². The Balaban J connectivity index is 1.38. The van der Waals surface area contributed by atoms with Gasteiger partial charge in [0.2, 0.25) is 5.95 Å². The Bertz CT molecular complexity index is 2730. The van der Waals surface area contributed by atoms with Gasteiger partial charge in [-0.15, -0.1) is 0 Å². The molecule has 0 atom stereocenters. The van der Waals surface area contributed by atoms with E-state index in [1.165, 1.54) is 53.9 Å². The average Bonchev–Trinajstić information content (AvgIpc) is 3.42. The molecule has 10 rings (SSSR count). The summed E-state index contributed by atoms with van der Waals surface area (Å²) < 4.78 is 2.27. The van der Waals surface area contributed by atoms with Crippen LogP contribution in [0.5, 0.6) is 0 Å². The van der Waals surface area contributed by atoms with E-state index in [-0.39, 0.29) is 0 Å². The van der Waals surface area contributed by atoms with Crippen LogP contribution in [0.25, 0.3) is 93.0 Å². The molecular formula is C40H23N3. The highest BCUT2D eigenvalue weighted by atomic mass is 15.2. The van der Waals surface area contributed by atoms with Crippen molar-refractivity contribution in [2.75, 3.05) is 0 Å². The molecule has 0 unspecified atom stereocenters. The number of nitrogens with zero attached hydrogens (tertiary/aromatic N) is 3. The molecule has 0 N–H and O–H groups in total. The minimum absolute atomic E-state index is 0.687. The van der Waals surface area contributed by atoms with Crippen LogP contribution in [0.4, 0.5) is 0 Å². The molecule has 198 valence electrons. The second kappa shape index (κ2) is 8.37. The second-order valence-corrected chi connectivity index (χ2v) is 11.4. The van der Waals surface area contributed by atoms with E-state index in [4.69, 9.17) is 9.97 Å². The van der Waals surface area contributed by atoms with Crippen LogP contribution < -0.4 is 0 Å². The maximum absolute atomic E-state index is 5.39. The number of rotatable bonds is 2. The van der Waals surface area contributed by atoms with Crippen LogP contribution in [0.3, 0.4) is 0 Å². The van der Waals surface area contributed by atoms with Gasteiger partial charge in [-0.05, 0) is 61.3 Å². The van der Waals surface area contributed by atoms with Crippen molar-refractivity contribution in [3.05, 3.63) is 140 Å². The summed E-state index contributed by atoms with van der Waals surface area (Å²) in [6.45, 7) is 0. The van der Waals surface area contributed by atoms with Crippen LogP contribution in [-0.2, 0) is 0 Å². The van der Waals surface area contributed by atoms with Crippen molar-refractivity contribution in [1.29, 1.82) is 0 Å². The van der Waals surface area contributed by atoms with E-state index < -0.39 is 0 Å². The summed E-state index contributed by atoms with van der Waals surface area (Å²) in [6.07, 6.45) is 0. The highest BCUT2D eigenvalue weighted by molar-refractivity contribution is 6.37. The number of fused-ring (bicyclic) bond motifs is 7. The third-order valence-corrected chi connectivity index (χ3v) is 9.14. The zero-order valence-corrected chi connectivity index (χ0v) is 23.1. The summed E-state index contributed by atoms with van der Waals surface area (Å²) in [7, 11) is 0. The molecule has 3 nitrogen and oxygen atoms in total. The molecule has 0 aliphatic heterocycles. The predicted octanol–water partition coefficient (Wildman–Crippen LogP) is 10.4. The standard InChI is InChI=1S/C40H23N3/c1-3-13-26-24(10-1)12-7-17-30(26)39-31-15-5-6-19-33(31)41-40(42-39)43-34-20-8-16-28-29-23-22-25-11-2-4-14-27(25)36(29)32-18-9-21-35(43)38(32)37(28)34/h1-23H. The van der Waals surface area contributed by atoms with Crippen molar-refractivity contribution in [2.45, 2.75) is 0 Å². The summed E-state index contributed by atoms with van der Waals surface area (Å²) in [6, 6.07) is 49.9. The minimum atomic E-state index is 0.687. The van der Waals surface area contributed by atoms with Crippen LogP contribution in [0.2, 0.25) is 0 Å². The minimum Gasteiger partial charge on any atom is -0.278 e. The van der Waals surface area contributed by atoms with Crippen LogP contribution in [0.15, 0.2) is 140 Å². The molecule has 0 saturated carbocycles. The third-order valence-electron chi connectivity index (χ3n) is 9.14. The second-order valence-electron chi connectivity index (χ2n) is 11.4. The van der Waals surface area contributed by atoms with Crippen LogP contribution in [0.1, 0.15) is 0 Å². The highest BCUT2D eigenvalue weighted by Gasteiger charge is 2.22. The lowest BCUT2D eigenvalue weighted by Gasteiger charge is -2.13. The van der Waals surface area contributed by atoms with Crippen molar-refractivity contribution in [3.8, 4) is 17.2 Å². The monoisotopic (exact) mass is 545 g/mol. The summed E-state index contributed by atoms with van der Waals surface area (Å²) in [5.74, 6) is 0.687. The van der Waals surface area contributed by atoms with Crippen molar-refractivity contribution >= 4 is 75.8 Å². The molecule has 0 aliphatic rings. The lowest BCUT2D eigenvalue weighted by molar-refractivity contribution is 1.01. The Morgan fingerprint density at radius 3 is 1.79 bits per heavy atom. The first-order valence-electron chi connectivity index (χ1n) is 14.7. The molecule has 0 amide bonds. The van der Waals surface area contributed by atoms with Gasteiger partial charge in [-0.25, -0.2) is 9.97 Å². The maximum atomic E-state index is 5.39.